The third kappa shape index (κ3) is 3.36. The van der Waals surface area contributed by atoms with E-state index in [1.807, 2.05) is 59.6 Å². The number of rotatable bonds is 3. The summed E-state index contributed by atoms with van der Waals surface area (Å²) in [4.78, 5) is 29.2. The Morgan fingerprint density at radius 1 is 1.19 bits per heavy atom. The molecule has 2 atom stereocenters. The van der Waals surface area contributed by atoms with E-state index in [1.165, 1.54) is 0 Å². The van der Waals surface area contributed by atoms with E-state index < -0.39 is 0 Å². The highest BCUT2D eigenvalue weighted by Gasteiger charge is 2.40. The molecule has 27 heavy (non-hydrogen) atoms. The van der Waals surface area contributed by atoms with Crippen molar-refractivity contribution in [2.24, 2.45) is 5.92 Å². The first-order chi connectivity index (χ1) is 12.9. The standard InChI is InChI=1S/C21H26N4O2/c1-14-9-15(2)25(22-14)11-16-5-4-6-17(10-16)21(27)24-12-18-7-8-19(13-24)23(3)20(18)26/h4-6,9-10,18-19H,7-8,11-13H2,1-3H3/t18-,19+/m0/s1. The van der Waals surface area contributed by atoms with Crippen LogP contribution in [-0.4, -0.2) is 57.6 Å². The first-order valence-electron chi connectivity index (χ1n) is 9.58. The van der Waals surface area contributed by atoms with Crippen molar-refractivity contribution in [1.82, 2.24) is 19.6 Å². The van der Waals surface area contributed by atoms with Gasteiger partial charge < -0.3 is 9.80 Å². The van der Waals surface area contributed by atoms with Crippen LogP contribution in [0, 0.1) is 19.8 Å². The fraction of sp³-hybridized carbons (Fsp3) is 0.476. The SMILES string of the molecule is Cc1cc(C)n(Cc2cccc(C(=O)N3C[C@@H]4CC[C@H](C3)N(C)C4=O)c2)n1. The van der Waals surface area contributed by atoms with E-state index in [0.717, 1.165) is 29.8 Å². The van der Waals surface area contributed by atoms with Gasteiger partial charge in [0.15, 0.2) is 0 Å². The van der Waals surface area contributed by atoms with Crippen LogP contribution in [0.5, 0.6) is 0 Å². The molecule has 1 aromatic carbocycles. The molecule has 3 fully saturated rings. The lowest BCUT2D eigenvalue weighted by Gasteiger charge is -2.32. The Kier molecular flexibility index (Phi) is 4.50. The van der Waals surface area contributed by atoms with Gasteiger partial charge in [0.25, 0.3) is 5.91 Å². The fourth-order valence-corrected chi connectivity index (χ4v) is 4.32. The van der Waals surface area contributed by atoms with E-state index in [1.54, 1.807) is 0 Å². The lowest BCUT2D eigenvalue weighted by atomic mass is 9.95. The van der Waals surface area contributed by atoms with Gasteiger partial charge in [-0.05, 0) is 50.5 Å². The zero-order valence-corrected chi connectivity index (χ0v) is 16.2. The Labute approximate surface area is 159 Å². The Hall–Kier alpha value is -2.63. The molecule has 142 valence electrons. The van der Waals surface area contributed by atoms with E-state index >= 15 is 0 Å². The van der Waals surface area contributed by atoms with Gasteiger partial charge in [-0.2, -0.15) is 5.10 Å². The third-order valence-electron chi connectivity index (χ3n) is 5.86. The van der Waals surface area contributed by atoms with Crippen molar-refractivity contribution in [2.75, 3.05) is 20.1 Å². The lowest BCUT2D eigenvalue weighted by Crippen LogP contribution is -2.45. The number of likely N-dealkylation sites (N-methyl/N-ethyl adjacent to an activating group) is 1. The number of nitrogens with zero attached hydrogens (tertiary/aromatic N) is 4. The molecule has 0 N–H and O–H groups in total. The maximum Gasteiger partial charge on any atom is 0.253 e. The van der Waals surface area contributed by atoms with Gasteiger partial charge in [0.1, 0.15) is 0 Å². The minimum Gasteiger partial charge on any atom is -0.341 e. The van der Waals surface area contributed by atoms with Gasteiger partial charge in [0.2, 0.25) is 5.91 Å². The molecule has 5 rings (SSSR count). The topological polar surface area (TPSA) is 58.4 Å². The summed E-state index contributed by atoms with van der Waals surface area (Å²) in [5.41, 5.74) is 3.84. The summed E-state index contributed by atoms with van der Waals surface area (Å²) in [5.74, 6) is 0.139. The summed E-state index contributed by atoms with van der Waals surface area (Å²) >= 11 is 0. The van der Waals surface area contributed by atoms with E-state index in [-0.39, 0.29) is 23.8 Å². The highest BCUT2D eigenvalue weighted by Crippen LogP contribution is 2.28. The molecule has 0 radical (unpaired) electrons. The van der Waals surface area contributed by atoms with Crippen LogP contribution in [0.3, 0.4) is 0 Å². The van der Waals surface area contributed by atoms with E-state index in [4.69, 9.17) is 0 Å². The Balaban J connectivity index is 1.54. The molecule has 0 aliphatic carbocycles. The number of aryl methyl sites for hydroxylation is 2. The summed E-state index contributed by atoms with van der Waals surface area (Å²) in [7, 11) is 1.86. The number of piperidine rings is 1. The molecule has 6 heteroatoms. The van der Waals surface area contributed by atoms with Crippen LogP contribution in [-0.2, 0) is 11.3 Å². The lowest BCUT2D eigenvalue weighted by molar-refractivity contribution is -0.138. The van der Waals surface area contributed by atoms with Crippen molar-refractivity contribution in [1.29, 1.82) is 0 Å². The van der Waals surface area contributed by atoms with Crippen molar-refractivity contribution in [2.45, 2.75) is 39.3 Å². The van der Waals surface area contributed by atoms with Gasteiger partial charge >= 0.3 is 0 Å². The van der Waals surface area contributed by atoms with Crippen molar-refractivity contribution in [3.8, 4) is 0 Å². The zero-order chi connectivity index (χ0) is 19.1. The minimum atomic E-state index is -0.0596. The molecular formula is C21H26N4O2. The number of fused-ring (bicyclic) bond motifs is 4. The normalized spacial score (nSPS) is 22.3. The molecule has 2 amide bonds. The molecule has 0 saturated carbocycles. The summed E-state index contributed by atoms with van der Waals surface area (Å²) in [6.07, 6.45) is 1.87. The Bertz CT molecular complexity index is 888. The Morgan fingerprint density at radius 3 is 2.74 bits per heavy atom. The second kappa shape index (κ2) is 6.83. The number of carbonyl (C=O) groups excluding carboxylic acids is 2. The second-order valence-corrected chi connectivity index (χ2v) is 7.87. The zero-order valence-electron chi connectivity index (χ0n) is 16.2. The number of hydrogen-bond donors (Lipinski definition) is 0. The Morgan fingerprint density at radius 2 is 2.00 bits per heavy atom. The van der Waals surface area contributed by atoms with Crippen molar-refractivity contribution in [3.05, 3.63) is 52.8 Å². The van der Waals surface area contributed by atoms with E-state index in [0.29, 0.717) is 25.2 Å². The molecule has 0 unspecified atom stereocenters. The summed E-state index contributed by atoms with van der Waals surface area (Å²) in [6.45, 7) is 5.82. The highest BCUT2D eigenvalue weighted by molar-refractivity contribution is 5.95. The average molecular weight is 366 g/mol. The van der Waals surface area contributed by atoms with E-state index in [9.17, 15) is 9.59 Å². The molecule has 3 aliphatic heterocycles. The van der Waals surface area contributed by atoms with Crippen LogP contribution in [0.25, 0.3) is 0 Å². The monoisotopic (exact) mass is 366 g/mol. The molecule has 3 aliphatic rings. The van der Waals surface area contributed by atoms with Crippen LogP contribution in [0.2, 0.25) is 0 Å². The molecule has 4 heterocycles. The molecule has 2 bridgehead atoms. The predicted molar refractivity (Wildman–Crippen MR) is 102 cm³/mol. The maximum atomic E-state index is 13.1. The van der Waals surface area contributed by atoms with Gasteiger partial charge in [-0.1, -0.05) is 12.1 Å². The van der Waals surface area contributed by atoms with Crippen LogP contribution in [0.4, 0.5) is 0 Å². The second-order valence-electron chi connectivity index (χ2n) is 7.87. The number of aromatic nitrogens is 2. The van der Waals surface area contributed by atoms with Crippen molar-refractivity contribution in [3.63, 3.8) is 0 Å². The van der Waals surface area contributed by atoms with Crippen LogP contribution in [0.1, 0.15) is 40.2 Å². The average Bonchev–Trinajstić information content (AvgIpc) is 2.82. The molecule has 1 aromatic heterocycles. The van der Waals surface area contributed by atoms with Gasteiger partial charge in [0.05, 0.1) is 18.2 Å². The quantitative estimate of drug-likeness (QED) is 0.837. The molecular weight excluding hydrogens is 340 g/mol. The molecule has 6 nitrogen and oxygen atoms in total. The maximum absolute atomic E-state index is 13.1. The van der Waals surface area contributed by atoms with Gasteiger partial charge in [-0.3, -0.25) is 14.3 Å². The number of amides is 2. The summed E-state index contributed by atoms with van der Waals surface area (Å²) in [5, 5.41) is 4.51. The van der Waals surface area contributed by atoms with Gasteiger partial charge in [0, 0.05) is 37.4 Å². The first kappa shape index (κ1) is 17.8. The molecule has 3 saturated heterocycles. The largest absolute Gasteiger partial charge is 0.341 e. The van der Waals surface area contributed by atoms with E-state index in [2.05, 4.69) is 11.2 Å². The fourth-order valence-electron chi connectivity index (χ4n) is 4.32. The third-order valence-corrected chi connectivity index (χ3v) is 5.86. The smallest absolute Gasteiger partial charge is 0.253 e. The first-order valence-corrected chi connectivity index (χ1v) is 9.58. The van der Waals surface area contributed by atoms with Crippen molar-refractivity contribution < 1.29 is 9.59 Å². The number of hydrogen-bond acceptors (Lipinski definition) is 3. The molecule has 2 aromatic rings. The minimum absolute atomic E-state index is 0.0187. The van der Waals surface area contributed by atoms with Crippen LogP contribution in [0.15, 0.2) is 30.3 Å². The van der Waals surface area contributed by atoms with Crippen molar-refractivity contribution >= 4 is 11.8 Å². The van der Waals surface area contributed by atoms with Crippen LogP contribution >= 0.6 is 0 Å². The summed E-state index contributed by atoms with van der Waals surface area (Å²) < 4.78 is 1.96. The van der Waals surface area contributed by atoms with Gasteiger partial charge in [-0.25, -0.2) is 0 Å². The number of benzene rings is 1. The molecule has 0 spiro atoms. The highest BCUT2D eigenvalue weighted by atomic mass is 16.2. The predicted octanol–water partition coefficient (Wildman–Crippen LogP) is 2.24. The number of carbonyl (C=O) groups is 2. The van der Waals surface area contributed by atoms with Gasteiger partial charge in [-0.15, -0.1) is 0 Å². The summed E-state index contributed by atoms with van der Waals surface area (Å²) in [6, 6.07) is 9.96. The van der Waals surface area contributed by atoms with Crippen LogP contribution < -0.4 is 0 Å².